The number of nitrogens with one attached hydrogen (secondary N) is 1. The highest BCUT2D eigenvalue weighted by atomic mass is 19.1. The number of aliphatic hydroxyl groups excluding tert-OH is 2. The maximum Gasteiger partial charge on any atom is 0.172 e. The van der Waals surface area contributed by atoms with Gasteiger partial charge in [0, 0.05) is 38.0 Å². The van der Waals surface area contributed by atoms with Crippen LogP contribution in [0.5, 0.6) is 5.75 Å². The average Bonchev–Trinajstić information content (AvgIpc) is 2.70. The van der Waals surface area contributed by atoms with Crippen LogP contribution in [-0.4, -0.2) is 45.4 Å². The van der Waals surface area contributed by atoms with E-state index in [0.717, 1.165) is 6.07 Å². The van der Waals surface area contributed by atoms with E-state index in [1.807, 2.05) is 18.7 Å². The van der Waals surface area contributed by atoms with Crippen LogP contribution in [0.2, 0.25) is 0 Å². The Labute approximate surface area is 181 Å². The number of ether oxygens (including phenoxy) is 1. The molecule has 3 N–H and O–H groups in total. The molecule has 31 heavy (non-hydrogen) atoms. The molecule has 1 aliphatic heterocycles. The van der Waals surface area contributed by atoms with Gasteiger partial charge in [0.15, 0.2) is 23.2 Å². The second-order valence-corrected chi connectivity index (χ2v) is 8.20. The Morgan fingerprint density at radius 2 is 1.65 bits per heavy atom. The summed E-state index contributed by atoms with van der Waals surface area (Å²) in [6.07, 6.45) is -0.739. The number of anilines is 2. The van der Waals surface area contributed by atoms with E-state index in [-0.39, 0.29) is 17.9 Å². The molecule has 2 unspecified atom stereocenters. The van der Waals surface area contributed by atoms with Crippen molar-refractivity contribution in [1.29, 1.82) is 0 Å². The van der Waals surface area contributed by atoms with Crippen molar-refractivity contribution < 1.29 is 23.7 Å². The summed E-state index contributed by atoms with van der Waals surface area (Å²) in [4.78, 5) is 11.3. The molecule has 1 saturated heterocycles. The summed E-state index contributed by atoms with van der Waals surface area (Å²) in [7, 11) is 0. The highest BCUT2D eigenvalue weighted by Gasteiger charge is 2.27. The molecule has 0 radical (unpaired) electrons. The molecule has 2 atom stereocenters. The molecule has 2 aromatic rings. The molecule has 1 aliphatic rings. The number of aliphatic hydroxyl groups is 2. The summed E-state index contributed by atoms with van der Waals surface area (Å²) in [5.74, 6) is -0.177. The van der Waals surface area contributed by atoms with E-state index < -0.39 is 23.8 Å². The molecule has 1 fully saturated rings. The van der Waals surface area contributed by atoms with Gasteiger partial charge in [-0.05, 0) is 39.8 Å². The largest absolute Gasteiger partial charge is 0.487 e. The van der Waals surface area contributed by atoms with Crippen LogP contribution >= 0.6 is 0 Å². The van der Waals surface area contributed by atoms with Crippen LogP contribution in [0.1, 0.15) is 64.1 Å². The number of hydrogen-bond acceptors (Lipinski definition) is 7. The van der Waals surface area contributed by atoms with E-state index >= 15 is 0 Å². The second-order valence-electron chi connectivity index (χ2n) is 8.20. The Kier molecular flexibility index (Phi) is 7.27. The van der Waals surface area contributed by atoms with E-state index in [9.17, 15) is 19.0 Å². The highest BCUT2D eigenvalue weighted by molar-refractivity contribution is 5.62. The van der Waals surface area contributed by atoms with Crippen molar-refractivity contribution >= 4 is 11.6 Å². The smallest absolute Gasteiger partial charge is 0.172 e. The average molecular weight is 437 g/mol. The molecule has 3 rings (SSSR count). The fourth-order valence-corrected chi connectivity index (χ4v) is 3.59. The third-order valence-electron chi connectivity index (χ3n) is 5.08. The van der Waals surface area contributed by atoms with Gasteiger partial charge in [-0.2, -0.15) is 0 Å². The molecular weight excluding hydrogens is 406 g/mol. The molecule has 1 aromatic heterocycles. The molecule has 0 spiro atoms. The Morgan fingerprint density at radius 1 is 1.03 bits per heavy atom. The molecule has 2 heterocycles. The number of benzene rings is 1. The number of halogens is 2. The van der Waals surface area contributed by atoms with Crippen molar-refractivity contribution in [3.8, 4) is 5.75 Å². The lowest BCUT2D eigenvalue weighted by Crippen LogP contribution is -2.39. The van der Waals surface area contributed by atoms with Crippen molar-refractivity contribution in [2.24, 2.45) is 0 Å². The fourth-order valence-electron chi connectivity index (χ4n) is 3.59. The van der Waals surface area contributed by atoms with Gasteiger partial charge in [0.25, 0.3) is 0 Å². The predicted octanol–water partition coefficient (Wildman–Crippen LogP) is 3.73. The van der Waals surface area contributed by atoms with Gasteiger partial charge in [-0.15, -0.1) is 0 Å². The number of aromatic nitrogens is 2. The fraction of sp³-hybridized carbons (Fsp3) is 0.545. The lowest BCUT2D eigenvalue weighted by molar-refractivity contribution is 0.162. The minimum absolute atomic E-state index is 0.0412. The number of hydrogen-bond donors (Lipinski definition) is 3. The summed E-state index contributed by atoms with van der Waals surface area (Å²) >= 11 is 0. The lowest BCUT2D eigenvalue weighted by Gasteiger charge is -2.34. The predicted molar refractivity (Wildman–Crippen MR) is 114 cm³/mol. The van der Waals surface area contributed by atoms with Crippen LogP contribution in [0.3, 0.4) is 0 Å². The van der Waals surface area contributed by atoms with Gasteiger partial charge < -0.3 is 25.2 Å². The lowest BCUT2D eigenvalue weighted by atomic mass is 10.1. The summed E-state index contributed by atoms with van der Waals surface area (Å²) < 4.78 is 32.7. The van der Waals surface area contributed by atoms with Crippen molar-refractivity contribution in [2.75, 3.05) is 23.3 Å². The zero-order chi connectivity index (χ0) is 22.7. The maximum atomic E-state index is 13.9. The van der Waals surface area contributed by atoms with Crippen LogP contribution in [0.25, 0.3) is 0 Å². The summed E-state index contributed by atoms with van der Waals surface area (Å²) in [5, 5.41) is 23.5. The van der Waals surface area contributed by atoms with E-state index in [4.69, 9.17) is 4.74 Å². The van der Waals surface area contributed by atoms with Crippen LogP contribution in [0.15, 0.2) is 18.2 Å². The van der Waals surface area contributed by atoms with Crippen molar-refractivity contribution in [3.63, 3.8) is 0 Å². The minimum atomic E-state index is -0.883. The normalized spacial score (nSPS) is 17.0. The molecule has 0 bridgehead atoms. The standard InChI is InChI=1S/C22H30F2N4O3/c1-12(2)25-21-22(27-20(14(4)30)19(26-21)13(3)29)28-9-7-16(8-10-28)31-18-6-5-15(23)11-17(18)24/h5-6,11-14,16,29-30H,7-10H2,1-4H3,(H,25,26). The first-order valence-corrected chi connectivity index (χ1v) is 10.6. The first-order chi connectivity index (χ1) is 14.7. The molecule has 9 heteroatoms. The molecule has 170 valence electrons. The second kappa shape index (κ2) is 9.74. The Balaban J connectivity index is 1.80. The van der Waals surface area contributed by atoms with Crippen LogP contribution < -0.4 is 15.0 Å². The Hall–Kier alpha value is -2.52. The zero-order valence-electron chi connectivity index (χ0n) is 18.3. The van der Waals surface area contributed by atoms with Crippen molar-refractivity contribution in [1.82, 2.24) is 9.97 Å². The molecule has 0 aliphatic carbocycles. The van der Waals surface area contributed by atoms with E-state index in [1.54, 1.807) is 13.8 Å². The first-order valence-electron chi connectivity index (χ1n) is 10.6. The van der Waals surface area contributed by atoms with Gasteiger partial charge in [-0.3, -0.25) is 0 Å². The summed E-state index contributed by atoms with van der Waals surface area (Å²) in [6, 6.07) is 3.38. The minimum Gasteiger partial charge on any atom is -0.487 e. The highest BCUT2D eigenvalue weighted by Crippen LogP contribution is 2.32. The van der Waals surface area contributed by atoms with Gasteiger partial charge in [0.1, 0.15) is 11.9 Å². The van der Waals surface area contributed by atoms with Gasteiger partial charge in [-0.25, -0.2) is 18.7 Å². The Morgan fingerprint density at radius 3 is 2.19 bits per heavy atom. The topological polar surface area (TPSA) is 90.7 Å². The number of piperidine rings is 1. The van der Waals surface area contributed by atoms with E-state index in [1.165, 1.54) is 12.1 Å². The Bertz CT molecular complexity index is 901. The third kappa shape index (κ3) is 5.59. The summed E-state index contributed by atoms with van der Waals surface area (Å²) in [5.41, 5.74) is 0.679. The van der Waals surface area contributed by atoms with Crippen LogP contribution in [-0.2, 0) is 0 Å². The van der Waals surface area contributed by atoms with Crippen LogP contribution in [0, 0.1) is 11.6 Å². The SMILES string of the molecule is CC(C)Nc1nc(C(C)O)c(C(C)O)nc1N1CCC(Oc2ccc(F)cc2F)CC1. The van der Waals surface area contributed by atoms with Crippen LogP contribution in [0.4, 0.5) is 20.4 Å². The number of nitrogens with zero attached hydrogens (tertiary/aromatic N) is 3. The maximum absolute atomic E-state index is 13.9. The molecular formula is C22H30F2N4O3. The molecule has 7 nitrogen and oxygen atoms in total. The number of rotatable bonds is 7. The first kappa shape index (κ1) is 23.1. The molecule has 0 saturated carbocycles. The van der Waals surface area contributed by atoms with Gasteiger partial charge in [0.05, 0.1) is 23.6 Å². The molecule has 0 amide bonds. The van der Waals surface area contributed by atoms with Crippen molar-refractivity contribution in [3.05, 3.63) is 41.2 Å². The van der Waals surface area contributed by atoms with Gasteiger partial charge in [0.2, 0.25) is 0 Å². The van der Waals surface area contributed by atoms with Gasteiger partial charge in [-0.1, -0.05) is 0 Å². The van der Waals surface area contributed by atoms with E-state index in [2.05, 4.69) is 15.3 Å². The zero-order valence-corrected chi connectivity index (χ0v) is 18.3. The quantitative estimate of drug-likeness (QED) is 0.609. The molecule has 1 aromatic carbocycles. The monoisotopic (exact) mass is 436 g/mol. The summed E-state index contributed by atoms with van der Waals surface area (Å²) in [6.45, 7) is 8.31. The third-order valence-corrected chi connectivity index (χ3v) is 5.08. The van der Waals surface area contributed by atoms with Crippen molar-refractivity contribution in [2.45, 2.75) is 64.9 Å². The van der Waals surface area contributed by atoms with E-state index in [0.29, 0.717) is 49.0 Å². The van der Waals surface area contributed by atoms with Gasteiger partial charge >= 0.3 is 0 Å².